The molecule has 0 saturated heterocycles. The molecule has 1 amide bonds. The molecule has 6 heteroatoms. The fourth-order valence-electron chi connectivity index (χ4n) is 1.43. The number of nitrogens with one attached hydrogen (secondary N) is 1. The van der Waals surface area contributed by atoms with Gasteiger partial charge in [-0.1, -0.05) is 6.07 Å². The maximum atomic E-state index is 11.6. The minimum absolute atomic E-state index is 0.0667. The van der Waals surface area contributed by atoms with E-state index in [4.69, 9.17) is 5.11 Å². The van der Waals surface area contributed by atoms with Crippen molar-refractivity contribution in [1.82, 2.24) is 0 Å². The van der Waals surface area contributed by atoms with Crippen LogP contribution in [-0.2, 0) is 14.3 Å². The fraction of sp³-hybridized carbons (Fsp3) is 0.308. The van der Waals surface area contributed by atoms with E-state index in [1.54, 1.807) is 19.9 Å². The number of aromatic carboxylic acids is 1. The maximum Gasteiger partial charge on any atom is 0.335 e. The molecule has 0 heterocycles. The first kappa shape index (κ1) is 14.7. The second-order valence-electron chi connectivity index (χ2n) is 3.86. The van der Waals surface area contributed by atoms with Gasteiger partial charge in [-0.05, 0) is 31.5 Å². The van der Waals surface area contributed by atoms with Crippen LogP contribution in [0.2, 0.25) is 0 Å². The van der Waals surface area contributed by atoms with Crippen molar-refractivity contribution < 1.29 is 24.2 Å². The molecule has 19 heavy (non-hydrogen) atoms. The summed E-state index contributed by atoms with van der Waals surface area (Å²) in [7, 11) is 0. The molecule has 0 fully saturated rings. The Kier molecular flexibility index (Phi) is 5.05. The quantitative estimate of drug-likeness (QED) is 0.623. The summed E-state index contributed by atoms with van der Waals surface area (Å²) in [6, 6.07) is 4.38. The molecule has 0 spiro atoms. The topological polar surface area (TPSA) is 92.7 Å². The highest BCUT2D eigenvalue weighted by Gasteiger charge is 2.13. The number of carboxylic acid groups (broad SMARTS) is 1. The van der Waals surface area contributed by atoms with Crippen LogP contribution in [0.15, 0.2) is 18.2 Å². The van der Waals surface area contributed by atoms with Crippen molar-refractivity contribution in [3.63, 3.8) is 0 Å². The van der Waals surface area contributed by atoms with E-state index in [0.29, 0.717) is 11.3 Å². The van der Waals surface area contributed by atoms with Crippen LogP contribution < -0.4 is 5.32 Å². The predicted molar refractivity (Wildman–Crippen MR) is 68.0 cm³/mol. The smallest absolute Gasteiger partial charge is 0.335 e. The Morgan fingerprint density at radius 3 is 2.58 bits per heavy atom. The molecule has 0 unspecified atom stereocenters. The van der Waals surface area contributed by atoms with Gasteiger partial charge in [-0.25, -0.2) is 4.79 Å². The minimum atomic E-state index is -1.08. The average molecular weight is 265 g/mol. The molecule has 0 aliphatic carbocycles. The lowest BCUT2D eigenvalue weighted by atomic mass is 10.1. The number of carbonyl (C=O) groups excluding carboxylic acids is 2. The van der Waals surface area contributed by atoms with Crippen LogP contribution in [0.5, 0.6) is 0 Å². The summed E-state index contributed by atoms with van der Waals surface area (Å²) >= 11 is 0. The molecule has 0 saturated carbocycles. The molecule has 0 aliphatic rings. The second-order valence-corrected chi connectivity index (χ2v) is 3.86. The molecular formula is C13H15NO5. The van der Waals surface area contributed by atoms with E-state index in [9.17, 15) is 14.4 Å². The molecular weight excluding hydrogens is 250 g/mol. The number of carboxylic acids is 1. The Morgan fingerprint density at radius 2 is 2.00 bits per heavy atom. The number of carbonyl (C=O) groups is 3. The normalized spacial score (nSPS) is 9.79. The van der Waals surface area contributed by atoms with Gasteiger partial charge in [-0.15, -0.1) is 0 Å². The van der Waals surface area contributed by atoms with E-state index in [0.717, 1.165) is 0 Å². The molecule has 0 radical (unpaired) electrons. The third-order valence-corrected chi connectivity index (χ3v) is 2.37. The highest BCUT2D eigenvalue weighted by molar-refractivity contribution is 6.02. The van der Waals surface area contributed by atoms with Crippen molar-refractivity contribution >= 4 is 23.5 Å². The molecule has 0 aliphatic heterocycles. The van der Waals surface area contributed by atoms with Crippen LogP contribution in [0.1, 0.15) is 29.3 Å². The first-order chi connectivity index (χ1) is 8.93. The molecule has 1 aromatic carbocycles. The summed E-state index contributed by atoms with van der Waals surface area (Å²) in [5, 5.41) is 11.4. The minimum Gasteiger partial charge on any atom is -0.478 e. The number of hydrogen-bond donors (Lipinski definition) is 2. The standard InChI is InChI=1S/C13H15NO5/c1-3-19-12(16)7-11(15)14-10-6-9(13(17)18)5-4-8(10)2/h4-6H,3,7H2,1-2H3,(H,14,15)(H,17,18). The highest BCUT2D eigenvalue weighted by Crippen LogP contribution is 2.17. The number of esters is 1. The van der Waals surface area contributed by atoms with E-state index in [1.165, 1.54) is 12.1 Å². The second kappa shape index (κ2) is 6.53. The number of amides is 1. The average Bonchev–Trinajstić information content (AvgIpc) is 2.31. The third kappa shape index (κ3) is 4.42. The van der Waals surface area contributed by atoms with Crippen molar-refractivity contribution in [2.45, 2.75) is 20.3 Å². The van der Waals surface area contributed by atoms with Crippen molar-refractivity contribution in [3.05, 3.63) is 29.3 Å². The van der Waals surface area contributed by atoms with Gasteiger partial charge in [0.25, 0.3) is 0 Å². The van der Waals surface area contributed by atoms with Crippen molar-refractivity contribution in [2.75, 3.05) is 11.9 Å². The van der Waals surface area contributed by atoms with Gasteiger partial charge in [-0.2, -0.15) is 0 Å². The van der Waals surface area contributed by atoms with Gasteiger partial charge >= 0.3 is 11.9 Å². The Hall–Kier alpha value is -2.37. The number of rotatable bonds is 5. The van der Waals surface area contributed by atoms with Crippen LogP contribution in [0, 0.1) is 6.92 Å². The molecule has 0 aromatic heterocycles. The van der Waals surface area contributed by atoms with Gasteiger partial charge in [0.2, 0.25) is 5.91 Å². The molecule has 102 valence electrons. The largest absolute Gasteiger partial charge is 0.478 e. The number of anilines is 1. The summed E-state index contributed by atoms with van der Waals surface area (Å²) in [6.07, 6.45) is -0.398. The number of aryl methyl sites for hydroxylation is 1. The lowest BCUT2D eigenvalue weighted by Gasteiger charge is -2.09. The fourth-order valence-corrected chi connectivity index (χ4v) is 1.43. The predicted octanol–water partition coefficient (Wildman–Crippen LogP) is 1.58. The van der Waals surface area contributed by atoms with Gasteiger partial charge in [0.1, 0.15) is 6.42 Å². The molecule has 0 atom stereocenters. The molecule has 1 rings (SSSR count). The van der Waals surface area contributed by atoms with Gasteiger partial charge in [0.05, 0.1) is 12.2 Å². The lowest BCUT2D eigenvalue weighted by Crippen LogP contribution is -2.18. The van der Waals surface area contributed by atoms with Crippen LogP contribution in [0.3, 0.4) is 0 Å². The van der Waals surface area contributed by atoms with Crippen molar-refractivity contribution in [2.24, 2.45) is 0 Å². The van der Waals surface area contributed by atoms with Crippen LogP contribution in [0.4, 0.5) is 5.69 Å². The van der Waals surface area contributed by atoms with E-state index in [2.05, 4.69) is 10.1 Å². The van der Waals surface area contributed by atoms with Crippen molar-refractivity contribution in [3.8, 4) is 0 Å². The number of ether oxygens (including phenoxy) is 1. The summed E-state index contributed by atoms with van der Waals surface area (Å²) in [6.45, 7) is 3.58. The van der Waals surface area contributed by atoms with Gasteiger partial charge in [0.15, 0.2) is 0 Å². The molecule has 1 aromatic rings. The van der Waals surface area contributed by atoms with Gasteiger partial charge in [0, 0.05) is 5.69 Å². The third-order valence-electron chi connectivity index (χ3n) is 2.37. The van der Waals surface area contributed by atoms with Gasteiger partial charge in [-0.3, -0.25) is 9.59 Å². The van der Waals surface area contributed by atoms with E-state index in [-0.39, 0.29) is 12.2 Å². The highest BCUT2D eigenvalue weighted by atomic mass is 16.5. The molecule has 6 nitrogen and oxygen atoms in total. The maximum absolute atomic E-state index is 11.6. The van der Waals surface area contributed by atoms with Crippen LogP contribution >= 0.6 is 0 Å². The van der Waals surface area contributed by atoms with Crippen molar-refractivity contribution in [1.29, 1.82) is 0 Å². The number of benzene rings is 1. The molecule has 2 N–H and O–H groups in total. The first-order valence-electron chi connectivity index (χ1n) is 5.73. The zero-order valence-electron chi connectivity index (χ0n) is 10.7. The van der Waals surface area contributed by atoms with E-state index >= 15 is 0 Å². The zero-order valence-corrected chi connectivity index (χ0v) is 10.7. The molecule has 0 bridgehead atoms. The van der Waals surface area contributed by atoms with Crippen LogP contribution in [-0.4, -0.2) is 29.6 Å². The van der Waals surface area contributed by atoms with Crippen LogP contribution in [0.25, 0.3) is 0 Å². The van der Waals surface area contributed by atoms with Gasteiger partial charge < -0.3 is 15.2 Å². The van der Waals surface area contributed by atoms with E-state index < -0.39 is 24.3 Å². The Morgan fingerprint density at radius 1 is 1.32 bits per heavy atom. The zero-order chi connectivity index (χ0) is 14.4. The summed E-state index contributed by atoms with van der Waals surface area (Å²) < 4.78 is 4.65. The summed E-state index contributed by atoms with van der Waals surface area (Å²) in [5.41, 5.74) is 1.15. The lowest BCUT2D eigenvalue weighted by molar-refractivity contribution is -0.145. The Balaban J connectivity index is 2.76. The monoisotopic (exact) mass is 265 g/mol. The Labute approximate surface area is 110 Å². The summed E-state index contributed by atoms with van der Waals surface area (Å²) in [5.74, 6) is -2.24. The number of hydrogen-bond acceptors (Lipinski definition) is 4. The van der Waals surface area contributed by atoms with E-state index in [1.807, 2.05) is 0 Å². The first-order valence-corrected chi connectivity index (χ1v) is 5.73. The summed E-state index contributed by atoms with van der Waals surface area (Å²) in [4.78, 5) is 33.5. The Bertz CT molecular complexity index is 510. The SMILES string of the molecule is CCOC(=O)CC(=O)Nc1cc(C(=O)O)ccc1C.